The number of nitrogens with two attached hydrogens (primary N) is 1. The van der Waals surface area contributed by atoms with Crippen molar-refractivity contribution in [3.8, 4) is 0 Å². The molecule has 2 aliphatic heterocycles. The Labute approximate surface area is 148 Å². The van der Waals surface area contributed by atoms with Crippen LogP contribution in [-0.4, -0.2) is 48.0 Å². The molecule has 1 atom stereocenters. The van der Waals surface area contributed by atoms with Crippen molar-refractivity contribution in [3.63, 3.8) is 0 Å². The summed E-state index contributed by atoms with van der Waals surface area (Å²) in [6, 6.07) is 5.94. The van der Waals surface area contributed by atoms with Gasteiger partial charge in [0.2, 0.25) is 11.8 Å². The second kappa shape index (κ2) is 8.43. The van der Waals surface area contributed by atoms with Crippen LogP contribution in [0.4, 0.5) is 0 Å². The Kier molecular flexibility index (Phi) is 6.02. The van der Waals surface area contributed by atoms with Crippen molar-refractivity contribution in [2.45, 2.75) is 44.4 Å². The second-order valence-electron chi connectivity index (χ2n) is 7.03. The molecule has 1 aromatic rings. The molecule has 0 aliphatic carbocycles. The molecule has 25 heavy (non-hydrogen) atoms. The van der Waals surface area contributed by atoms with Crippen LogP contribution in [0.1, 0.15) is 49.4 Å². The molecule has 1 aromatic heterocycles. The van der Waals surface area contributed by atoms with Gasteiger partial charge in [-0.25, -0.2) is 0 Å². The van der Waals surface area contributed by atoms with Gasteiger partial charge in [-0.15, -0.1) is 0 Å². The Morgan fingerprint density at radius 1 is 1.24 bits per heavy atom. The first-order valence-corrected chi connectivity index (χ1v) is 9.24. The highest BCUT2D eigenvalue weighted by Gasteiger charge is 2.31. The van der Waals surface area contributed by atoms with Crippen molar-refractivity contribution in [2.24, 2.45) is 11.7 Å². The Morgan fingerprint density at radius 3 is 2.80 bits per heavy atom. The average molecular weight is 345 g/mol. The number of likely N-dealkylation sites (tertiary alicyclic amines) is 1. The van der Waals surface area contributed by atoms with Crippen LogP contribution in [0.15, 0.2) is 18.2 Å². The molecule has 0 aromatic carbocycles. The van der Waals surface area contributed by atoms with E-state index in [-0.39, 0.29) is 23.7 Å². The van der Waals surface area contributed by atoms with Gasteiger partial charge >= 0.3 is 0 Å². The van der Waals surface area contributed by atoms with E-state index in [0.717, 1.165) is 50.2 Å². The first kappa shape index (κ1) is 17.9. The molecule has 0 bridgehead atoms. The summed E-state index contributed by atoms with van der Waals surface area (Å²) in [6.07, 6.45) is 4.61. The fraction of sp³-hybridized carbons (Fsp3) is 0.632. The normalized spacial score (nSPS) is 21.9. The van der Waals surface area contributed by atoms with Gasteiger partial charge in [-0.2, -0.15) is 0 Å². The van der Waals surface area contributed by atoms with Crippen LogP contribution < -0.4 is 5.73 Å². The molecule has 6 nitrogen and oxygen atoms in total. The standard InChI is InChI=1S/C19H27N3O3/c20-18(23)7-6-16-4-1-5-17(21-16)15-3-2-10-22(13-15)19(24)14-8-11-25-12-9-14/h1,4-5,14-15H,2-3,6-13H2,(H2,20,23). The fourth-order valence-corrected chi connectivity index (χ4v) is 3.74. The fourth-order valence-electron chi connectivity index (χ4n) is 3.74. The van der Waals surface area contributed by atoms with Gasteiger partial charge < -0.3 is 15.4 Å². The Hall–Kier alpha value is -1.95. The van der Waals surface area contributed by atoms with Gasteiger partial charge in [0.25, 0.3) is 0 Å². The zero-order valence-electron chi connectivity index (χ0n) is 14.7. The minimum Gasteiger partial charge on any atom is -0.381 e. The van der Waals surface area contributed by atoms with Gasteiger partial charge in [0.05, 0.1) is 0 Å². The number of piperidine rings is 1. The summed E-state index contributed by atoms with van der Waals surface area (Å²) in [6.45, 7) is 2.96. The van der Waals surface area contributed by atoms with E-state index < -0.39 is 0 Å². The largest absolute Gasteiger partial charge is 0.381 e. The molecule has 1 unspecified atom stereocenters. The SMILES string of the molecule is NC(=O)CCc1cccc(C2CCCN(C(=O)C3CCOCC3)C2)n1. The van der Waals surface area contributed by atoms with Crippen LogP contribution in [-0.2, 0) is 20.7 Å². The van der Waals surface area contributed by atoms with Crippen LogP contribution in [0, 0.1) is 5.92 Å². The summed E-state index contributed by atoms with van der Waals surface area (Å²) in [4.78, 5) is 30.5. The summed E-state index contributed by atoms with van der Waals surface area (Å²) in [5.41, 5.74) is 7.14. The number of nitrogens with zero attached hydrogens (tertiary/aromatic N) is 2. The number of hydrogen-bond donors (Lipinski definition) is 1. The molecular weight excluding hydrogens is 318 g/mol. The molecule has 2 saturated heterocycles. The predicted octanol–water partition coefficient (Wildman–Crippen LogP) is 1.63. The maximum absolute atomic E-state index is 12.8. The van der Waals surface area contributed by atoms with E-state index in [1.807, 2.05) is 23.1 Å². The van der Waals surface area contributed by atoms with Gasteiger partial charge in [-0.05, 0) is 44.2 Å². The molecule has 0 saturated carbocycles. The van der Waals surface area contributed by atoms with E-state index in [4.69, 9.17) is 15.5 Å². The highest BCUT2D eigenvalue weighted by atomic mass is 16.5. The monoisotopic (exact) mass is 345 g/mol. The summed E-state index contributed by atoms with van der Waals surface area (Å²) in [5, 5.41) is 0. The number of carbonyl (C=O) groups excluding carboxylic acids is 2. The molecule has 3 heterocycles. The zero-order chi connectivity index (χ0) is 17.6. The van der Waals surface area contributed by atoms with E-state index in [1.165, 1.54) is 0 Å². The van der Waals surface area contributed by atoms with E-state index in [9.17, 15) is 9.59 Å². The lowest BCUT2D eigenvalue weighted by atomic mass is 9.91. The van der Waals surface area contributed by atoms with Gasteiger partial charge in [0, 0.05) is 55.9 Å². The quantitative estimate of drug-likeness (QED) is 0.879. The third-order valence-electron chi connectivity index (χ3n) is 5.18. The first-order chi connectivity index (χ1) is 12.1. The summed E-state index contributed by atoms with van der Waals surface area (Å²) in [7, 11) is 0. The Balaban J connectivity index is 1.63. The smallest absolute Gasteiger partial charge is 0.225 e. The number of aromatic nitrogens is 1. The maximum Gasteiger partial charge on any atom is 0.225 e. The van der Waals surface area contributed by atoms with Gasteiger partial charge in [-0.3, -0.25) is 14.6 Å². The van der Waals surface area contributed by atoms with Crippen molar-refractivity contribution < 1.29 is 14.3 Å². The second-order valence-corrected chi connectivity index (χ2v) is 7.03. The van der Waals surface area contributed by atoms with Gasteiger partial charge in [0.15, 0.2) is 0 Å². The van der Waals surface area contributed by atoms with Crippen molar-refractivity contribution >= 4 is 11.8 Å². The van der Waals surface area contributed by atoms with Crippen LogP contribution in [0.2, 0.25) is 0 Å². The van der Waals surface area contributed by atoms with Crippen LogP contribution in [0.25, 0.3) is 0 Å². The molecule has 2 amide bonds. The van der Waals surface area contributed by atoms with E-state index in [1.54, 1.807) is 0 Å². The molecule has 0 spiro atoms. The lowest BCUT2D eigenvalue weighted by Gasteiger charge is -2.35. The summed E-state index contributed by atoms with van der Waals surface area (Å²) in [5.74, 6) is 0.351. The highest BCUT2D eigenvalue weighted by molar-refractivity contribution is 5.79. The van der Waals surface area contributed by atoms with Gasteiger partial charge in [-0.1, -0.05) is 6.07 Å². The third-order valence-corrected chi connectivity index (χ3v) is 5.18. The van der Waals surface area contributed by atoms with Crippen molar-refractivity contribution in [1.29, 1.82) is 0 Å². The van der Waals surface area contributed by atoms with Gasteiger partial charge in [0.1, 0.15) is 0 Å². The Morgan fingerprint density at radius 2 is 2.04 bits per heavy atom. The number of hydrogen-bond acceptors (Lipinski definition) is 4. The van der Waals surface area contributed by atoms with Crippen LogP contribution in [0.3, 0.4) is 0 Å². The van der Waals surface area contributed by atoms with Crippen molar-refractivity contribution in [3.05, 3.63) is 29.6 Å². The molecule has 2 N–H and O–H groups in total. The molecule has 0 radical (unpaired) electrons. The molecule has 2 fully saturated rings. The minimum absolute atomic E-state index is 0.113. The van der Waals surface area contributed by atoms with Crippen molar-refractivity contribution in [1.82, 2.24) is 9.88 Å². The first-order valence-electron chi connectivity index (χ1n) is 9.24. The zero-order valence-corrected chi connectivity index (χ0v) is 14.7. The lowest BCUT2D eigenvalue weighted by molar-refractivity contribution is -0.139. The average Bonchev–Trinajstić information content (AvgIpc) is 2.67. The number of rotatable bonds is 5. The highest BCUT2D eigenvalue weighted by Crippen LogP contribution is 2.28. The van der Waals surface area contributed by atoms with Crippen LogP contribution in [0.5, 0.6) is 0 Å². The maximum atomic E-state index is 12.8. The molecule has 3 rings (SSSR count). The minimum atomic E-state index is -0.307. The predicted molar refractivity (Wildman–Crippen MR) is 93.9 cm³/mol. The summed E-state index contributed by atoms with van der Waals surface area (Å²) >= 11 is 0. The number of pyridine rings is 1. The molecule has 2 aliphatic rings. The van der Waals surface area contributed by atoms with E-state index in [2.05, 4.69) is 0 Å². The third kappa shape index (κ3) is 4.78. The number of primary amides is 1. The van der Waals surface area contributed by atoms with E-state index >= 15 is 0 Å². The number of ether oxygens (including phenoxy) is 1. The lowest BCUT2D eigenvalue weighted by Crippen LogP contribution is -2.43. The Bertz CT molecular complexity index is 614. The molecule has 136 valence electrons. The van der Waals surface area contributed by atoms with Crippen LogP contribution >= 0.6 is 0 Å². The molecule has 6 heteroatoms. The summed E-state index contributed by atoms with van der Waals surface area (Å²) < 4.78 is 5.37. The number of amides is 2. The molecular formula is C19H27N3O3. The number of carbonyl (C=O) groups is 2. The van der Waals surface area contributed by atoms with Crippen molar-refractivity contribution in [2.75, 3.05) is 26.3 Å². The topological polar surface area (TPSA) is 85.5 Å². The van der Waals surface area contributed by atoms with E-state index in [0.29, 0.717) is 26.1 Å². The number of aryl methyl sites for hydroxylation is 1.